The van der Waals surface area contributed by atoms with Crippen LogP contribution in [0.25, 0.3) is 0 Å². The van der Waals surface area contributed by atoms with E-state index in [-0.39, 0.29) is 17.9 Å². The van der Waals surface area contributed by atoms with Crippen molar-refractivity contribution in [2.24, 2.45) is 11.8 Å². The quantitative estimate of drug-likeness (QED) is 0.801. The molecule has 1 aliphatic rings. The molecule has 0 bridgehead atoms. The van der Waals surface area contributed by atoms with Crippen molar-refractivity contribution in [2.75, 3.05) is 7.11 Å². The molecule has 154 valence electrons. The van der Waals surface area contributed by atoms with Crippen molar-refractivity contribution < 1.29 is 19.1 Å². The second-order valence-electron chi connectivity index (χ2n) is 8.56. The first kappa shape index (κ1) is 21.1. The van der Waals surface area contributed by atoms with Gasteiger partial charge in [0.05, 0.1) is 18.6 Å². The molecule has 0 saturated carbocycles. The average Bonchev–Trinajstić information content (AvgIpc) is 3.02. The molecule has 1 fully saturated rings. The lowest BCUT2D eigenvalue weighted by Gasteiger charge is -2.36. The molecule has 0 aliphatic carbocycles. The average molecular weight is 395 g/mol. The van der Waals surface area contributed by atoms with Crippen LogP contribution in [0.5, 0.6) is 0 Å². The number of rotatable bonds is 4. The number of hydrogen-bond donors (Lipinski definition) is 1. The predicted octanol–water partition coefficient (Wildman–Crippen LogP) is 3.67. The van der Waals surface area contributed by atoms with Gasteiger partial charge in [-0.3, -0.25) is 14.9 Å². The Hall–Kier alpha value is -2.66. The van der Waals surface area contributed by atoms with Crippen molar-refractivity contribution in [3.05, 3.63) is 71.8 Å². The summed E-state index contributed by atoms with van der Waals surface area (Å²) in [5.41, 5.74) is 0.277. The maximum absolute atomic E-state index is 13.0. The maximum Gasteiger partial charge on any atom is 0.323 e. The molecule has 1 heterocycles. The van der Waals surface area contributed by atoms with Crippen LogP contribution in [-0.2, 0) is 24.6 Å². The van der Waals surface area contributed by atoms with Gasteiger partial charge in [0.1, 0.15) is 11.6 Å². The molecule has 1 aliphatic heterocycles. The summed E-state index contributed by atoms with van der Waals surface area (Å²) in [6, 6.07) is 18.8. The molecule has 0 radical (unpaired) electrons. The number of hydrogen-bond acceptors (Lipinski definition) is 5. The first-order chi connectivity index (χ1) is 13.7. The Morgan fingerprint density at radius 1 is 0.897 bits per heavy atom. The molecule has 3 rings (SSSR count). The van der Waals surface area contributed by atoms with Gasteiger partial charge >= 0.3 is 11.9 Å². The molecule has 5 nitrogen and oxygen atoms in total. The SMILES string of the molecule is COC(=O)[C@@H]1[C@@H](C)[C@H](C(=O)OC(C)(C)C)NC1(c1ccccc1)c1ccccc1. The molecule has 1 saturated heterocycles. The van der Waals surface area contributed by atoms with Gasteiger partial charge in [-0.25, -0.2) is 0 Å². The normalized spacial score (nSPS) is 23.4. The summed E-state index contributed by atoms with van der Waals surface area (Å²) < 4.78 is 10.9. The van der Waals surface area contributed by atoms with Crippen LogP contribution in [0, 0.1) is 11.8 Å². The van der Waals surface area contributed by atoms with E-state index in [9.17, 15) is 9.59 Å². The molecule has 2 aromatic carbocycles. The van der Waals surface area contributed by atoms with E-state index in [0.29, 0.717) is 0 Å². The number of carbonyl (C=O) groups is 2. The summed E-state index contributed by atoms with van der Waals surface area (Å²) >= 11 is 0. The van der Waals surface area contributed by atoms with Gasteiger partial charge in [0, 0.05) is 0 Å². The first-order valence-electron chi connectivity index (χ1n) is 9.90. The number of esters is 2. The van der Waals surface area contributed by atoms with Gasteiger partial charge in [-0.05, 0) is 37.8 Å². The number of nitrogens with one attached hydrogen (secondary N) is 1. The summed E-state index contributed by atoms with van der Waals surface area (Å²) in [4.78, 5) is 26.1. The van der Waals surface area contributed by atoms with Crippen LogP contribution >= 0.6 is 0 Å². The Morgan fingerprint density at radius 2 is 1.38 bits per heavy atom. The van der Waals surface area contributed by atoms with Gasteiger partial charge in [0.25, 0.3) is 0 Å². The second-order valence-corrected chi connectivity index (χ2v) is 8.56. The minimum atomic E-state index is -0.906. The van der Waals surface area contributed by atoms with Gasteiger partial charge in [-0.15, -0.1) is 0 Å². The van der Waals surface area contributed by atoms with Gasteiger partial charge in [0.2, 0.25) is 0 Å². The highest BCUT2D eigenvalue weighted by molar-refractivity contribution is 5.83. The third-order valence-electron chi connectivity index (χ3n) is 5.48. The van der Waals surface area contributed by atoms with E-state index < -0.39 is 23.1 Å². The van der Waals surface area contributed by atoms with E-state index in [1.165, 1.54) is 7.11 Å². The van der Waals surface area contributed by atoms with Crippen molar-refractivity contribution >= 4 is 11.9 Å². The molecule has 0 spiro atoms. The molecular formula is C24H29NO4. The minimum absolute atomic E-state index is 0.335. The van der Waals surface area contributed by atoms with Crippen molar-refractivity contribution in [3.8, 4) is 0 Å². The standard InChI is InChI=1S/C24H29NO4/c1-16-19(21(26)28-5)24(17-12-8-6-9-13-17,18-14-10-7-11-15-18)25-20(16)22(27)29-23(2,3)4/h6-16,19-20,25H,1-5H3/t16-,19+,20-/m1/s1. The second kappa shape index (κ2) is 7.99. The molecule has 0 unspecified atom stereocenters. The van der Waals surface area contributed by atoms with Gasteiger partial charge in [-0.2, -0.15) is 0 Å². The number of benzene rings is 2. The van der Waals surface area contributed by atoms with Crippen molar-refractivity contribution in [1.29, 1.82) is 0 Å². The largest absolute Gasteiger partial charge is 0.469 e. The first-order valence-corrected chi connectivity index (χ1v) is 9.90. The highest BCUT2D eigenvalue weighted by atomic mass is 16.6. The topological polar surface area (TPSA) is 64.6 Å². The van der Waals surface area contributed by atoms with Crippen LogP contribution in [0.1, 0.15) is 38.8 Å². The lowest BCUT2D eigenvalue weighted by Crippen LogP contribution is -2.49. The van der Waals surface area contributed by atoms with Crippen LogP contribution in [0.3, 0.4) is 0 Å². The number of carbonyl (C=O) groups excluding carboxylic acids is 2. The number of methoxy groups -OCH3 is 1. The monoisotopic (exact) mass is 395 g/mol. The van der Waals surface area contributed by atoms with Crippen LogP contribution in [-0.4, -0.2) is 30.7 Å². The molecular weight excluding hydrogens is 366 g/mol. The van der Waals surface area contributed by atoms with Gasteiger partial charge < -0.3 is 9.47 Å². The van der Waals surface area contributed by atoms with Crippen LogP contribution in [0.15, 0.2) is 60.7 Å². The van der Waals surface area contributed by atoms with Crippen LogP contribution in [0.2, 0.25) is 0 Å². The zero-order valence-electron chi connectivity index (χ0n) is 17.6. The molecule has 0 aromatic heterocycles. The van der Waals surface area contributed by atoms with E-state index in [4.69, 9.17) is 9.47 Å². The highest BCUT2D eigenvalue weighted by Gasteiger charge is 2.59. The fourth-order valence-electron chi connectivity index (χ4n) is 4.31. The lowest BCUT2D eigenvalue weighted by molar-refractivity contribution is -0.158. The lowest BCUT2D eigenvalue weighted by atomic mass is 9.71. The zero-order chi connectivity index (χ0) is 21.2. The fourth-order valence-corrected chi connectivity index (χ4v) is 4.31. The molecule has 3 atom stereocenters. The predicted molar refractivity (Wildman–Crippen MR) is 111 cm³/mol. The van der Waals surface area contributed by atoms with E-state index in [2.05, 4.69) is 5.32 Å². The Labute approximate surface area is 172 Å². The van der Waals surface area contributed by atoms with Crippen LogP contribution in [0.4, 0.5) is 0 Å². The summed E-state index contributed by atoms with van der Waals surface area (Å²) in [5.74, 6) is -1.66. The van der Waals surface area contributed by atoms with E-state index in [1.807, 2.05) is 88.4 Å². The van der Waals surface area contributed by atoms with Gasteiger partial charge in [0.15, 0.2) is 0 Å². The summed E-state index contributed by atoms with van der Waals surface area (Å²) in [6.07, 6.45) is 0. The maximum atomic E-state index is 13.0. The molecule has 0 amide bonds. The molecule has 5 heteroatoms. The zero-order valence-corrected chi connectivity index (χ0v) is 17.6. The van der Waals surface area contributed by atoms with Crippen LogP contribution < -0.4 is 5.32 Å². The smallest absolute Gasteiger partial charge is 0.323 e. The Morgan fingerprint density at radius 3 is 1.79 bits per heavy atom. The summed E-state index contributed by atoms with van der Waals surface area (Å²) in [5, 5.41) is 3.50. The van der Waals surface area contributed by atoms with Crippen molar-refractivity contribution in [3.63, 3.8) is 0 Å². The Bertz CT molecular complexity index is 818. The number of ether oxygens (including phenoxy) is 2. The highest BCUT2D eigenvalue weighted by Crippen LogP contribution is 2.48. The van der Waals surface area contributed by atoms with E-state index in [0.717, 1.165) is 11.1 Å². The summed E-state index contributed by atoms with van der Waals surface area (Å²) in [7, 11) is 1.39. The van der Waals surface area contributed by atoms with Gasteiger partial charge in [-0.1, -0.05) is 67.6 Å². The molecule has 2 aromatic rings. The fraction of sp³-hybridized carbons (Fsp3) is 0.417. The van der Waals surface area contributed by atoms with Crippen molar-refractivity contribution in [1.82, 2.24) is 5.32 Å². The Kier molecular flexibility index (Phi) is 5.80. The molecule has 29 heavy (non-hydrogen) atoms. The Balaban J connectivity index is 2.19. The third kappa shape index (κ3) is 3.92. The molecule has 1 N–H and O–H groups in total. The third-order valence-corrected chi connectivity index (χ3v) is 5.48. The van der Waals surface area contributed by atoms with E-state index >= 15 is 0 Å². The van der Waals surface area contributed by atoms with E-state index in [1.54, 1.807) is 0 Å². The van der Waals surface area contributed by atoms with Crippen molar-refractivity contribution in [2.45, 2.75) is 44.9 Å². The summed E-state index contributed by atoms with van der Waals surface area (Å²) in [6.45, 7) is 7.41. The minimum Gasteiger partial charge on any atom is -0.469 e.